The number of aliphatic carboxylic acids is 1. The highest BCUT2D eigenvalue weighted by Gasteiger charge is 2.23. The van der Waals surface area contributed by atoms with E-state index in [1.165, 1.54) is 21.3 Å². The summed E-state index contributed by atoms with van der Waals surface area (Å²) in [5.41, 5.74) is 2.20. The van der Waals surface area contributed by atoms with E-state index < -0.39 is 17.8 Å². The van der Waals surface area contributed by atoms with Crippen LogP contribution in [0, 0.1) is 12.8 Å². The summed E-state index contributed by atoms with van der Waals surface area (Å²) in [7, 11) is 4.36. The Morgan fingerprint density at radius 1 is 1.04 bits per heavy atom. The summed E-state index contributed by atoms with van der Waals surface area (Å²) >= 11 is 0. The Morgan fingerprint density at radius 3 is 2.32 bits per heavy atom. The van der Waals surface area contributed by atoms with E-state index in [-0.39, 0.29) is 17.9 Å². The second-order valence-electron chi connectivity index (χ2n) is 6.32. The van der Waals surface area contributed by atoms with Crippen molar-refractivity contribution in [3.8, 4) is 17.2 Å². The summed E-state index contributed by atoms with van der Waals surface area (Å²) < 4.78 is 15.8. The average Bonchev–Trinajstić information content (AvgIpc) is 2.69. The van der Waals surface area contributed by atoms with E-state index in [4.69, 9.17) is 14.2 Å². The molecular formula is C21H25NO6. The molecule has 1 amide bonds. The number of aryl methyl sites for hydroxylation is 1. The average molecular weight is 387 g/mol. The molecule has 0 saturated carbocycles. The van der Waals surface area contributed by atoms with Gasteiger partial charge in [0.2, 0.25) is 5.75 Å². The Kier molecular flexibility index (Phi) is 7.26. The molecule has 1 atom stereocenters. The zero-order chi connectivity index (χ0) is 20.7. The third kappa shape index (κ3) is 4.94. The van der Waals surface area contributed by atoms with Crippen LogP contribution in [0.3, 0.4) is 0 Å². The van der Waals surface area contributed by atoms with Gasteiger partial charge in [-0.15, -0.1) is 0 Å². The molecule has 0 spiro atoms. The molecule has 0 aliphatic carbocycles. The van der Waals surface area contributed by atoms with Gasteiger partial charge in [0.1, 0.15) is 0 Å². The van der Waals surface area contributed by atoms with Crippen molar-refractivity contribution in [3.05, 3.63) is 53.1 Å². The molecule has 0 bridgehead atoms. The molecule has 7 heteroatoms. The number of hydrogen-bond donors (Lipinski definition) is 2. The maximum Gasteiger partial charge on any atom is 0.308 e. The van der Waals surface area contributed by atoms with Crippen molar-refractivity contribution >= 4 is 11.9 Å². The van der Waals surface area contributed by atoms with Crippen LogP contribution in [-0.2, 0) is 11.2 Å². The molecule has 0 aliphatic heterocycles. The molecule has 7 nitrogen and oxygen atoms in total. The van der Waals surface area contributed by atoms with Crippen LogP contribution in [0.15, 0.2) is 36.4 Å². The molecule has 1 unspecified atom stereocenters. The first-order chi connectivity index (χ1) is 13.4. The molecule has 2 rings (SSSR count). The number of amides is 1. The summed E-state index contributed by atoms with van der Waals surface area (Å²) in [6, 6.07) is 10.8. The SMILES string of the molecule is COc1ccc(C(=O)NCC(Cc2cccc(C)c2)C(=O)O)c(OC)c1OC. The fraction of sp³-hybridized carbons (Fsp3) is 0.333. The lowest BCUT2D eigenvalue weighted by Gasteiger charge is -2.17. The van der Waals surface area contributed by atoms with Gasteiger partial charge < -0.3 is 24.6 Å². The largest absolute Gasteiger partial charge is 0.493 e. The molecule has 0 aromatic heterocycles. The lowest BCUT2D eigenvalue weighted by atomic mass is 9.98. The molecule has 0 fully saturated rings. The van der Waals surface area contributed by atoms with Crippen molar-refractivity contribution in [2.75, 3.05) is 27.9 Å². The van der Waals surface area contributed by atoms with Crippen LogP contribution >= 0.6 is 0 Å². The number of ether oxygens (including phenoxy) is 3. The predicted octanol–water partition coefficient (Wildman–Crippen LogP) is 2.69. The van der Waals surface area contributed by atoms with Gasteiger partial charge in [0.05, 0.1) is 32.8 Å². The molecule has 0 heterocycles. The maximum absolute atomic E-state index is 12.6. The van der Waals surface area contributed by atoms with Gasteiger partial charge >= 0.3 is 5.97 Å². The molecule has 2 aromatic carbocycles. The topological polar surface area (TPSA) is 94.1 Å². The second-order valence-corrected chi connectivity index (χ2v) is 6.32. The van der Waals surface area contributed by atoms with Crippen LogP contribution < -0.4 is 19.5 Å². The van der Waals surface area contributed by atoms with E-state index >= 15 is 0 Å². The molecule has 0 saturated heterocycles. The molecule has 0 aliphatic rings. The Hall–Kier alpha value is -3.22. The Morgan fingerprint density at radius 2 is 1.75 bits per heavy atom. The zero-order valence-electron chi connectivity index (χ0n) is 16.4. The third-order valence-electron chi connectivity index (χ3n) is 4.37. The van der Waals surface area contributed by atoms with E-state index in [1.807, 2.05) is 31.2 Å². The van der Waals surface area contributed by atoms with E-state index in [2.05, 4.69) is 5.32 Å². The van der Waals surface area contributed by atoms with Gasteiger partial charge in [-0.05, 0) is 31.0 Å². The van der Waals surface area contributed by atoms with E-state index in [9.17, 15) is 14.7 Å². The van der Waals surface area contributed by atoms with Crippen molar-refractivity contribution in [3.63, 3.8) is 0 Å². The Labute approximate surface area is 164 Å². The Balaban J connectivity index is 2.16. The van der Waals surface area contributed by atoms with Crippen molar-refractivity contribution < 1.29 is 28.9 Å². The third-order valence-corrected chi connectivity index (χ3v) is 4.37. The molecule has 150 valence electrons. The van der Waals surface area contributed by atoms with Gasteiger partial charge in [0, 0.05) is 6.54 Å². The number of benzene rings is 2. The minimum absolute atomic E-state index is 0.0143. The number of rotatable bonds is 9. The molecule has 0 radical (unpaired) electrons. The van der Waals surface area contributed by atoms with Crippen molar-refractivity contribution in [2.45, 2.75) is 13.3 Å². The highest BCUT2D eigenvalue weighted by atomic mass is 16.5. The minimum atomic E-state index is -0.971. The standard InChI is InChI=1S/C21H25NO6/c1-13-6-5-7-14(10-13)11-15(21(24)25)12-22-20(23)16-8-9-17(26-2)19(28-4)18(16)27-3/h5-10,15H,11-12H2,1-4H3,(H,22,23)(H,24,25). The normalized spacial score (nSPS) is 11.4. The van der Waals surface area contributed by atoms with Crippen molar-refractivity contribution in [1.29, 1.82) is 0 Å². The smallest absolute Gasteiger partial charge is 0.308 e. The minimum Gasteiger partial charge on any atom is -0.493 e. The lowest BCUT2D eigenvalue weighted by Crippen LogP contribution is -2.34. The summed E-state index contributed by atoms with van der Waals surface area (Å²) in [6.45, 7) is 1.93. The van der Waals surface area contributed by atoms with E-state index in [1.54, 1.807) is 12.1 Å². The van der Waals surface area contributed by atoms with E-state index in [0.29, 0.717) is 17.9 Å². The van der Waals surface area contributed by atoms with Crippen LogP contribution in [0.4, 0.5) is 0 Å². The van der Waals surface area contributed by atoms with Gasteiger partial charge in [-0.1, -0.05) is 29.8 Å². The molecule has 28 heavy (non-hydrogen) atoms. The first-order valence-corrected chi connectivity index (χ1v) is 8.76. The van der Waals surface area contributed by atoms with Crippen LogP contribution in [-0.4, -0.2) is 44.9 Å². The molecule has 2 N–H and O–H groups in total. The highest BCUT2D eigenvalue weighted by molar-refractivity contribution is 5.98. The number of hydrogen-bond acceptors (Lipinski definition) is 5. The fourth-order valence-electron chi connectivity index (χ4n) is 2.96. The molecule has 2 aromatic rings. The quantitative estimate of drug-likeness (QED) is 0.687. The van der Waals surface area contributed by atoms with Crippen LogP contribution in [0.2, 0.25) is 0 Å². The number of nitrogens with one attached hydrogen (secondary N) is 1. The first-order valence-electron chi connectivity index (χ1n) is 8.76. The van der Waals surface area contributed by atoms with Crippen LogP contribution in [0.1, 0.15) is 21.5 Å². The first kappa shape index (κ1) is 21.1. The van der Waals surface area contributed by atoms with Gasteiger partial charge in [-0.2, -0.15) is 0 Å². The highest BCUT2D eigenvalue weighted by Crippen LogP contribution is 2.39. The number of carbonyl (C=O) groups excluding carboxylic acids is 1. The van der Waals surface area contributed by atoms with Crippen molar-refractivity contribution in [1.82, 2.24) is 5.32 Å². The van der Waals surface area contributed by atoms with Gasteiger partial charge in [0.25, 0.3) is 5.91 Å². The number of methoxy groups -OCH3 is 3. The number of carbonyl (C=O) groups is 2. The van der Waals surface area contributed by atoms with Crippen molar-refractivity contribution in [2.24, 2.45) is 5.92 Å². The maximum atomic E-state index is 12.6. The fourth-order valence-corrected chi connectivity index (χ4v) is 2.96. The zero-order valence-corrected chi connectivity index (χ0v) is 16.4. The summed E-state index contributed by atoms with van der Waals surface area (Å²) in [5, 5.41) is 12.2. The van der Waals surface area contributed by atoms with Gasteiger partial charge in [-0.25, -0.2) is 0 Å². The van der Waals surface area contributed by atoms with E-state index in [0.717, 1.165) is 11.1 Å². The molecular weight excluding hydrogens is 362 g/mol. The summed E-state index contributed by atoms with van der Waals surface area (Å²) in [5.74, 6) is -1.22. The van der Waals surface area contributed by atoms with Gasteiger partial charge in [0.15, 0.2) is 11.5 Å². The Bertz CT molecular complexity index is 849. The lowest BCUT2D eigenvalue weighted by molar-refractivity contribution is -0.141. The second kappa shape index (κ2) is 9.64. The number of carboxylic acids is 1. The van der Waals surface area contributed by atoms with Gasteiger partial charge in [-0.3, -0.25) is 9.59 Å². The van der Waals surface area contributed by atoms with Crippen LogP contribution in [0.5, 0.6) is 17.2 Å². The predicted molar refractivity (Wildman–Crippen MR) is 104 cm³/mol. The van der Waals surface area contributed by atoms with Crippen LogP contribution in [0.25, 0.3) is 0 Å². The monoisotopic (exact) mass is 387 g/mol. The summed E-state index contributed by atoms with van der Waals surface area (Å²) in [4.78, 5) is 24.3. The number of carboxylic acid groups (broad SMARTS) is 1. The summed E-state index contributed by atoms with van der Waals surface area (Å²) in [6.07, 6.45) is 0.320.